The first-order valence-electron chi connectivity index (χ1n) is 9.33. The van der Waals surface area contributed by atoms with Gasteiger partial charge in [0.2, 0.25) is 0 Å². The zero-order valence-corrected chi connectivity index (χ0v) is 14.0. The van der Waals surface area contributed by atoms with Gasteiger partial charge in [0, 0.05) is 13.2 Å². The second-order valence-electron chi connectivity index (χ2n) is 7.59. The molecule has 0 N–H and O–H groups in total. The summed E-state index contributed by atoms with van der Waals surface area (Å²) in [4.78, 5) is 0. The topological polar surface area (TPSA) is 9.23 Å². The van der Waals surface area contributed by atoms with Crippen LogP contribution in [-0.4, -0.2) is 13.2 Å². The molecule has 1 nitrogen and oxygen atoms in total. The van der Waals surface area contributed by atoms with Gasteiger partial charge in [-0.3, -0.25) is 0 Å². The molecular weight excluding hydrogens is 244 g/mol. The lowest BCUT2D eigenvalue weighted by Crippen LogP contribution is -2.24. The van der Waals surface area contributed by atoms with Crippen molar-refractivity contribution in [3.8, 4) is 0 Å². The first kappa shape index (κ1) is 16.3. The van der Waals surface area contributed by atoms with Gasteiger partial charge in [0.1, 0.15) is 0 Å². The van der Waals surface area contributed by atoms with Crippen molar-refractivity contribution < 1.29 is 4.74 Å². The highest BCUT2D eigenvalue weighted by Crippen LogP contribution is 2.41. The number of rotatable bonds is 7. The van der Waals surface area contributed by atoms with E-state index in [1.165, 1.54) is 77.0 Å². The van der Waals surface area contributed by atoms with E-state index in [2.05, 4.69) is 13.8 Å². The Hall–Kier alpha value is -0.0400. The fraction of sp³-hybridized carbons (Fsp3) is 1.00. The molecule has 0 aromatic heterocycles. The van der Waals surface area contributed by atoms with Gasteiger partial charge in [-0.15, -0.1) is 0 Å². The minimum absolute atomic E-state index is 0.656. The average Bonchev–Trinajstić information content (AvgIpc) is 2.35. The van der Waals surface area contributed by atoms with Crippen LogP contribution in [0.4, 0.5) is 0 Å². The van der Waals surface area contributed by atoms with Gasteiger partial charge >= 0.3 is 0 Å². The molecule has 0 aromatic carbocycles. The summed E-state index contributed by atoms with van der Waals surface area (Å²) in [5.41, 5.74) is 0.656. The van der Waals surface area contributed by atoms with E-state index in [4.69, 9.17) is 4.74 Å². The van der Waals surface area contributed by atoms with Crippen molar-refractivity contribution in [1.29, 1.82) is 0 Å². The molecule has 0 bridgehead atoms. The molecule has 0 aromatic rings. The zero-order valence-electron chi connectivity index (χ0n) is 14.0. The van der Waals surface area contributed by atoms with Crippen LogP contribution in [0.5, 0.6) is 0 Å². The average molecular weight is 280 g/mol. The third-order valence-electron chi connectivity index (χ3n) is 6.31. The molecule has 2 fully saturated rings. The predicted molar refractivity (Wildman–Crippen MR) is 87.0 cm³/mol. The third kappa shape index (κ3) is 4.76. The van der Waals surface area contributed by atoms with Crippen molar-refractivity contribution in [2.45, 2.75) is 90.9 Å². The molecule has 1 heteroatoms. The van der Waals surface area contributed by atoms with Gasteiger partial charge in [-0.25, -0.2) is 0 Å². The van der Waals surface area contributed by atoms with Gasteiger partial charge in [0.25, 0.3) is 0 Å². The number of ether oxygens (including phenoxy) is 1. The Morgan fingerprint density at radius 3 is 2.30 bits per heavy atom. The number of hydrogen-bond donors (Lipinski definition) is 0. The van der Waals surface area contributed by atoms with Gasteiger partial charge in [-0.05, 0) is 49.4 Å². The van der Waals surface area contributed by atoms with Crippen molar-refractivity contribution in [3.63, 3.8) is 0 Å². The van der Waals surface area contributed by atoms with E-state index in [-0.39, 0.29) is 0 Å². The second kappa shape index (κ2) is 8.41. The number of unbranched alkanes of at least 4 members (excludes halogenated alkanes) is 1. The molecule has 20 heavy (non-hydrogen) atoms. The molecule has 1 aliphatic carbocycles. The Morgan fingerprint density at radius 1 is 1.05 bits per heavy atom. The summed E-state index contributed by atoms with van der Waals surface area (Å²) in [6.07, 6.45) is 17.2. The Morgan fingerprint density at radius 2 is 1.75 bits per heavy atom. The molecular formula is C19H36O. The maximum Gasteiger partial charge on any atom is 0.0466 e. The van der Waals surface area contributed by atoms with Crippen LogP contribution in [0.15, 0.2) is 0 Å². The van der Waals surface area contributed by atoms with Crippen LogP contribution in [0.3, 0.4) is 0 Å². The van der Waals surface area contributed by atoms with Gasteiger partial charge in [-0.2, -0.15) is 0 Å². The molecule has 0 radical (unpaired) electrons. The Balaban J connectivity index is 1.66. The monoisotopic (exact) mass is 280 g/mol. The Kier molecular flexibility index (Phi) is 6.87. The molecule has 0 spiro atoms. The van der Waals surface area contributed by atoms with Crippen molar-refractivity contribution in [3.05, 3.63) is 0 Å². The first-order valence-corrected chi connectivity index (χ1v) is 9.33. The van der Waals surface area contributed by atoms with E-state index >= 15 is 0 Å². The van der Waals surface area contributed by atoms with Crippen LogP contribution in [0.1, 0.15) is 90.9 Å². The van der Waals surface area contributed by atoms with E-state index in [0.717, 1.165) is 25.0 Å². The highest BCUT2D eigenvalue weighted by molar-refractivity contribution is 4.80. The van der Waals surface area contributed by atoms with Gasteiger partial charge in [0.05, 0.1) is 0 Å². The molecule has 118 valence electrons. The summed E-state index contributed by atoms with van der Waals surface area (Å²) in [6.45, 7) is 6.91. The molecule has 1 heterocycles. The summed E-state index contributed by atoms with van der Waals surface area (Å²) in [5.74, 6) is 2.07. The normalized spacial score (nSPS) is 25.5. The van der Waals surface area contributed by atoms with E-state index in [1.807, 2.05) is 0 Å². The van der Waals surface area contributed by atoms with Crippen molar-refractivity contribution >= 4 is 0 Å². The smallest absolute Gasteiger partial charge is 0.0466 e. The molecule has 1 aliphatic heterocycles. The molecule has 2 rings (SSSR count). The summed E-state index contributed by atoms with van der Waals surface area (Å²) in [7, 11) is 0. The molecule has 1 saturated heterocycles. The number of hydrogen-bond acceptors (Lipinski definition) is 1. The summed E-state index contributed by atoms with van der Waals surface area (Å²) >= 11 is 0. The van der Waals surface area contributed by atoms with Gasteiger partial charge in [0.15, 0.2) is 0 Å². The van der Waals surface area contributed by atoms with Crippen LogP contribution in [0.25, 0.3) is 0 Å². The molecule has 2 aliphatic rings. The quantitative estimate of drug-likeness (QED) is 0.522. The van der Waals surface area contributed by atoms with Crippen LogP contribution >= 0.6 is 0 Å². The molecule has 1 atom stereocenters. The lowest BCUT2D eigenvalue weighted by Gasteiger charge is -2.35. The Labute approximate surface area is 126 Å². The lowest BCUT2D eigenvalue weighted by molar-refractivity contribution is 0.0677. The fourth-order valence-corrected chi connectivity index (χ4v) is 4.32. The van der Waals surface area contributed by atoms with E-state index in [0.29, 0.717) is 5.41 Å². The van der Waals surface area contributed by atoms with Crippen molar-refractivity contribution in [1.82, 2.24) is 0 Å². The highest BCUT2D eigenvalue weighted by atomic mass is 16.5. The maximum absolute atomic E-state index is 5.61. The minimum atomic E-state index is 0.656. The van der Waals surface area contributed by atoms with Crippen LogP contribution in [0.2, 0.25) is 0 Å². The predicted octanol–water partition coefficient (Wildman–Crippen LogP) is 5.97. The molecule has 0 amide bonds. The van der Waals surface area contributed by atoms with E-state index < -0.39 is 0 Å². The second-order valence-corrected chi connectivity index (χ2v) is 7.59. The van der Waals surface area contributed by atoms with Gasteiger partial charge < -0.3 is 4.74 Å². The van der Waals surface area contributed by atoms with Crippen molar-refractivity contribution in [2.24, 2.45) is 17.3 Å². The van der Waals surface area contributed by atoms with Crippen LogP contribution in [-0.2, 0) is 4.74 Å². The molecule has 1 saturated carbocycles. The van der Waals surface area contributed by atoms with Crippen LogP contribution in [0, 0.1) is 17.3 Å². The maximum atomic E-state index is 5.61. The van der Waals surface area contributed by atoms with E-state index in [1.54, 1.807) is 0 Å². The van der Waals surface area contributed by atoms with Crippen LogP contribution < -0.4 is 0 Å². The summed E-state index contributed by atoms with van der Waals surface area (Å²) in [6, 6.07) is 0. The van der Waals surface area contributed by atoms with Crippen molar-refractivity contribution in [2.75, 3.05) is 13.2 Å². The highest BCUT2D eigenvalue weighted by Gasteiger charge is 2.28. The third-order valence-corrected chi connectivity index (χ3v) is 6.31. The Bertz CT molecular complexity index is 248. The molecule has 1 unspecified atom stereocenters. The summed E-state index contributed by atoms with van der Waals surface area (Å²) < 4.78 is 5.61. The summed E-state index contributed by atoms with van der Waals surface area (Å²) in [5, 5.41) is 0. The fourth-order valence-electron chi connectivity index (χ4n) is 4.32. The minimum Gasteiger partial charge on any atom is -0.381 e. The zero-order chi connectivity index (χ0) is 14.3. The van der Waals surface area contributed by atoms with E-state index in [9.17, 15) is 0 Å². The first-order chi connectivity index (χ1) is 9.76. The standard InChI is InChI=1S/C19H36O/c1-3-19(13-7-15-20-16-8-14-19)12-5-4-9-17(2)18-10-6-11-18/h17-18H,3-16H2,1-2H3. The SMILES string of the molecule is CCC1(CCCCC(C)C2CCC2)CCCOCCC1. The lowest BCUT2D eigenvalue weighted by atomic mass is 9.71. The largest absolute Gasteiger partial charge is 0.381 e. The van der Waals surface area contributed by atoms with Gasteiger partial charge in [-0.1, -0.05) is 58.8 Å².